The molecule has 3 aromatic rings. The Balaban J connectivity index is 1.86. The van der Waals surface area contributed by atoms with E-state index in [2.05, 4.69) is 21.2 Å². The van der Waals surface area contributed by atoms with E-state index in [9.17, 15) is 14.9 Å². The van der Waals surface area contributed by atoms with E-state index in [4.69, 9.17) is 37.4 Å². The Labute approximate surface area is 219 Å². The molecule has 0 aliphatic rings. The summed E-state index contributed by atoms with van der Waals surface area (Å²) in [6, 6.07) is 16.1. The number of anilines is 1. The first-order valence-electron chi connectivity index (χ1n) is 9.88. The van der Waals surface area contributed by atoms with Gasteiger partial charge in [0.1, 0.15) is 17.4 Å². The summed E-state index contributed by atoms with van der Waals surface area (Å²) in [6.45, 7) is 0. The van der Waals surface area contributed by atoms with Crippen LogP contribution in [0.4, 0.5) is 5.69 Å². The molecule has 3 aromatic carbocycles. The molecule has 35 heavy (non-hydrogen) atoms. The number of amides is 1. The molecule has 178 valence electrons. The van der Waals surface area contributed by atoms with Crippen molar-refractivity contribution in [3.8, 4) is 23.3 Å². The van der Waals surface area contributed by atoms with Crippen LogP contribution in [0, 0.1) is 11.3 Å². The number of nitrogens with zero attached hydrogens (tertiary/aromatic N) is 1. The van der Waals surface area contributed by atoms with Gasteiger partial charge in [0, 0.05) is 0 Å². The lowest BCUT2D eigenvalue weighted by atomic mass is 10.1. The Morgan fingerprint density at radius 1 is 1.06 bits per heavy atom. The highest BCUT2D eigenvalue weighted by Gasteiger charge is 2.18. The maximum atomic E-state index is 12.6. The van der Waals surface area contributed by atoms with Crippen LogP contribution in [0.5, 0.6) is 17.2 Å². The van der Waals surface area contributed by atoms with Gasteiger partial charge >= 0.3 is 5.97 Å². The zero-order chi connectivity index (χ0) is 25.5. The number of ether oxygens (including phenoxy) is 3. The second kappa shape index (κ2) is 11.8. The van der Waals surface area contributed by atoms with Crippen molar-refractivity contribution in [2.75, 3.05) is 19.5 Å². The first-order valence-corrected chi connectivity index (χ1v) is 11.4. The highest BCUT2D eigenvalue weighted by atomic mass is 79.9. The number of nitriles is 1. The smallest absolute Gasteiger partial charge is 0.343 e. The Morgan fingerprint density at radius 3 is 2.40 bits per heavy atom. The van der Waals surface area contributed by atoms with Crippen molar-refractivity contribution in [1.29, 1.82) is 5.26 Å². The lowest BCUT2D eigenvalue weighted by Gasteiger charge is -2.13. The fourth-order valence-corrected chi connectivity index (χ4v) is 3.79. The minimum atomic E-state index is -0.679. The zero-order valence-electron chi connectivity index (χ0n) is 18.4. The standard InChI is InChI=1S/C25H17BrCl2N2O5/c1-33-17-8-6-15(7-9-17)25(32)35-23-18(26)11-14(12-21(23)34-2)10-16(13-29)24(31)30-20-5-3-4-19(27)22(20)28/h3-12H,1-2H3,(H,30,31)/b16-10+. The van der Waals surface area contributed by atoms with Crippen LogP contribution in [0.25, 0.3) is 6.08 Å². The van der Waals surface area contributed by atoms with Crippen molar-refractivity contribution in [2.45, 2.75) is 0 Å². The highest BCUT2D eigenvalue weighted by molar-refractivity contribution is 9.10. The van der Waals surface area contributed by atoms with E-state index in [0.717, 1.165) is 0 Å². The molecule has 0 heterocycles. The Kier molecular flexibility index (Phi) is 8.77. The van der Waals surface area contributed by atoms with E-state index in [0.29, 0.717) is 21.3 Å². The zero-order valence-corrected chi connectivity index (χ0v) is 21.5. The molecule has 0 saturated carbocycles. The first-order chi connectivity index (χ1) is 16.8. The van der Waals surface area contributed by atoms with Crippen LogP contribution < -0.4 is 19.5 Å². The summed E-state index contributed by atoms with van der Waals surface area (Å²) in [4.78, 5) is 25.2. The van der Waals surface area contributed by atoms with E-state index < -0.39 is 11.9 Å². The number of benzene rings is 3. The van der Waals surface area contributed by atoms with Gasteiger partial charge < -0.3 is 19.5 Å². The molecule has 1 N–H and O–H groups in total. The minimum absolute atomic E-state index is 0.138. The van der Waals surface area contributed by atoms with Crippen LogP contribution in [-0.2, 0) is 4.79 Å². The summed E-state index contributed by atoms with van der Waals surface area (Å²) in [5.41, 5.74) is 0.830. The van der Waals surface area contributed by atoms with Crippen molar-refractivity contribution >= 4 is 62.8 Å². The van der Waals surface area contributed by atoms with Crippen LogP contribution in [0.3, 0.4) is 0 Å². The van der Waals surface area contributed by atoms with Gasteiger partial charge in [0.25, 0.3) is 5.91 Å². The second-order valence-corrected chi connectivity index (χ2v) is 8.52. The fraction of sp³-hybridized carbons (Fsp3) is 0.0800. The Bertz CT molecular complexity index is 1350. The van der Waals surface area contributed by atoms with Crippen LogP contribution in [0.2, 0.25) is 10.0 Å². The predicted molar refractivity (Wildman–Crippen MR) is 137 cm³/mol. The molecule has 0 unspecified atom stereocenters. The van der Waals surface area contributed by atoms with Crippen molar-refractivity contribution < 1.29 is 23.8 Å². The van der Waals surface area contributed by atoms with Crippen LogP contribution in [0.1, 0.15) is 15.9 Å². The van der Waals surface area contributed by atoms with Crippen molar-refractivity contribution in [3.63, 3.8) is 0 Å². The van der Waals surface area contributed by atoms with Gasteiger partial charge in [-0.3, -0.25) is 4.79 Å². The maximum Gasteiger partial charge on any atom is 0.343 e. The lowest BCUT2D eigenvalue weighted by Crippen LogP contribution is -2.14. The van der Waals surface area contributed by atoms with Gasteiger partial charge in [-0.1, -0.05) is 29.3 Å². The number of carbonyl (C=O) groups is 2. The topological polar surface area (TPSA) is 97.7 Å². The third-order valence-electron chi connectivity index (χ3n) is 4.65. The van der Waals surface area contributed by atoms with E-state index in [1.807, 2.05) is 6.07 Å². The average molecular weight is 576 g/mol. The van der Waals surface area contributed by atoms with E-state index in [1.165, 1.54) is 26.4 Å². The number of methoxy groups -OCH3 is 2. The summed E-state index contributed by atoms with van der Waals surface area (Å²) in [7, 11) is 2.93. The van der Waals surface area contributed by atoms with Crippen molar-refractivity contribution in [3.05, 3.63) is 85.8 Å². The predicted octanol–water partition coefficient (Wildman–Crippen LogP) is 6.54. The quantitative estimate of drug-likeness (QED) is 0.149. The lowest BCUT2D eigenvalue weighted by molar-refractivity contribution is -0.112. The first kappa shape index (κ1) is 26.1. The Morgan fingerprint density at radius 2 is 1.77 bits per heavy atom. The second-order valence-electron chi connectivity index (χ2n) is 6.88. The number of hydrogen-bond acceptors (Lipinski definition) is 6. The average Bonchev–Trinajstić information content (AvgIpc) is 2.86. The van der Waals surface area contributed by atoms with Gasteiger partial charge in [-0.15, -0.1) is 0 Å². The number of rotatable bonds is 7. The molecule has 0 aromatic heterocycles. The molecule has 0 bridgehead atoms. The molecule has 0 radical (unpaired) electrons. The normalized spacial score (nSPS) is 10.8. The van der Waals surface area contributed by atoms with Gasteiger partial charge in [-0.25, -0.2) is 4.79 Å². The number of esters is 1. The SMILES string of the molecule is COc1ccc(C(=O)Oc2c(Br)cc(/C=C(\C#N)C(=O)Nc3cccc(Cl)c3Cl)cc2OC)cc1. The van der Waals surface area contributed by atoms with Gasteiger partial charge in [-0.05, 0) is 76.1 Å². The van der Waals surface area contributed by atoms with Crippen molar-refractivity contribution in [1.82, 2.24) is 0 Å². The monoisotopic (exact) mass is 574 g/mol. The molecule has 3 rings (SSSR count). The number of halogens is 3. The van der Waals surface area contributed by atoms with E-state index in [-0.39, 0.29) is 32.8 Å². The summed E-state index contributed by atoms with van der Waals surface area (Å²) in [6.07, 6.45) is 1.36. The third kappa shape index (κ3) is 6.34. The Hall–Kier alpha value is -3.51. The molecular weight excluding hydrogens is 559 g/mol. The molecular formula is C25H17BrCl2N2O5. The third-order valence-corrected chi connectivity index (χ3v) is 6.06. The maximum absolute atomic E-state index is 12.6. The van der Waals surface area contributed by atoms with Gasteiger partial charge in [0.05, 0.1) is 40.0 Å². The number of carbonyl (C=O) groups excluding carboxylic acids is 2. The van der Waals surface area contributed by atoms with Gasteiger partial charge in [0.2, 0.25) is 0 Å². The van der Waals surface area contributed by atoms with Crippen LogP contribution >= 0.6 is 39.1 Å². The molecule has 0 aliphatic carbocycles. The summed E-state index contributed by atoms with van der Waals surface area (Å²) in [5.74, 6) is -0.333. The summed E-state index contributed by atoms with van der Waals surface area (Å²) >= 11 is 15.4. The highest BCUT2D eigenvalue weighted by Crippen LogP contribution is 2.38. The molecule has 0 fully saturated rings. The molecule has 0 aliphatic heterocycles. The molecule has 0 spiro atoms. The van der Waals surface area contributed by atoms with Crippen LogP contribution in [-0.4, -0.2) is 26.1 Å². The summed E-state index contributed by atoms with van der Waals surface area (Å²) in [5, 5.41) is 12.5. The summed E-state index contributed by atoms with van der Waals surface area (Å²) < 4.78 is 16.4. The number of nitrogens with one attached hydrogen (secondary N) is 1. The van der Waals surface area contributed by atoms with E-state index >= 15 is 0 Å². The largest absolute Gasteiger partial charge is 0.497 e. The molecule has 1 amide bonds. The number of hydrogen-bond donors (Lipinski definition) is 1. The molecule has 0 atom stereocenters. The van der Waals surface area contributed by atoms with Gasteiger partial charge in [0.15, 0.2) is 11.5 Å². The molecule has 0 saturated heterocycles. The fourth-order valence-electron chi connectivity index (χ4n) is 2.91. The molecule has 10 heteroatoms. The van der Waals surface area contributed by atoms with Crippen molar-refractivity contribution in [2.24, 2.45) is 0 Å². The van der Waals surface area contributed by atoms with E-state index in [1.54, 1.807) is 48.5 Å². The molecule has 7 nitrogen and oxygen atoms in total. The minimum Gasteiger partial charge on any atom is -0.497 e. The van der Waals surface area contributed by atoms with Crippen LogP contribution in [0.15, 0.2) is 64.6 Å². The van der Waals surface area contributed by atoms with Gasteiger partial charge in [-0.2, -0.15) is 5.26 Å².